The normalized spacial score (nSPS) is 11.0. The van der Waals surface area contributed by atoms with Crippen molar-refractivity contribution in [3.63, 3.8) is 0 Å². The van der Waals surface area contributed by atoms with Gasteiger partial charge < -0.3 is 19.8 Å². The van der Waals surface area contributed by atoms with Crippen molar-refractivity contribution in [2.24, 2.45) is 0 Å². The van der Waals surface area contributed by atoms with Gasteiger partial charge in [0.05, 0.1) is 19.5 Å². The first-order chi connectivity index (χ1) is 13.7. The standard InChI is InChI=1S/C21H21N5O2/c1-27-12-16-7-9-17(10-8-16)13-28-20-18-19(24-21(22)25-20)26(14-23-18)11-15-5-3-2-4-6-15/h2-10,14H,11-13H2,1H3,(H2,22,24,25)/i1-1. The number of ether oxygens (including phenoxy) is 2. The Morgan fingerprint density at radius 1 is 0.893 bits per heavy atom. The molecule has 0 atom stereocenters. The smallest absolute Gasteiger partial charge is 0.247 e. The molecule has 0 aliphatic rings. The zero-order valence-corrected chi connectivity index (χ0v) is 15.6. The van der Waals surface area contributed by atoms with Gasteiger partial charge in [-0.2, -0.15) is 9.97 Å². The maximum Gasteiger partial charge on any atom is 0.247 e. The molecule has 0 saturated carbocycles. The lowest BCUT2D eigenvalue weighted by Gasteiger charge is -2.08. The van der Waals surface area contributed by atoms with Gasteiger partial charge >= 0.3 is 0 Å². The van der Waals surface area contributed by atoms with Gasteiger partial charge in [0, 0.05) is 7.11 Å². The monoisotopic (exact) mass is 374 g/mol. The number of imidazole rings is 1. The minimum atomic E-state index is 0.160. The van der Waals surface area contributed by atoms with Crippen molar-refractivity contribution in [3.8, 4) is 5.88 Å². The van der Waals surface area contributed by atoms with E-state index in [2.05, 4.69) is 27.1 Å². The molecule has 2 N–H and O–H groups in total. The van der Waals surface area contributed by atoms with Crippen molar-refractivity contribution in [3.05, 3.63) is 77.6 Å². The van der Waals surface area contributed by atoms with Crippen molar-refractivity contribution >= 4 is 17.1 Å². The summed E-state index contributed by atoms with van der Waals surface area (Å²) in [6, 6.07) is 18.1. The molecular weight excluding hydrogens is 353 g/mol. The van der Waals surface area contributed by atoms with Gasteiger partial charge in [0.15, 0.2) is 11.2 Å². The van der Waals surface area contributed by atoms with Crippen LogP contribution < -0.4 is 10.5 Å². The largest absolute Gasteiger partial charge is 0.471 e. The Balaban J connectivity index is 1.55. The number of nitrogens with zero attached hydrogens (tertiary/aromatic N) is 4. The van der Waals surface area contributed by atoms with Crippen LogP contribution in [0, 0.1) is 0 Å². The topological polar surface area (TPSA) is 88.1 Å². The second kappa shape index (κ2) is 8.06. The third kappa shape index (κ3) is 3.94. The van der Waals surface area contributed by atoms with E-state index >= 15 is 0 Å². The fraction of sp³-hybridized carbons (Fsp3) is 0.190. The van der Waals surface area contributed by atoms with Crippen LogP contribution in [0.15, 0.2) is 60.9 Å². The van der Waals surface area contributed by atoms with E-state index in [9.17, 15) is 0 Å². The van der Waals surface area contributed by atoms with E-state index < -0.39 is 0 Å². The van der Waals surface area contributed by atoms with Crippen LogP contribution in [0.5, 0.6) is 5.88 Å². The minimum absolute atomic E-state index is 0.160. The first-order valence-corrected chi connectivity index (χ1v) is 8.95. The first kappa shape index (κ1) is 17.9. The molecule has 0 aliphatic carbocycles. The van der Waals surface area contributed by atoms with E-state index in [1.165, 1.54) is 0 Å². The van der Waals surface area contributed by atoms with Crippen LogP contribution in [0.3, 0.4) is 0 Å². The number of hydrogen-bond donors (Lipinski definition) is 1. The average Bonchev–Trinajstić information content (AvgIpc) is 3.11. The van der Waals surface area contributed by atoms with Crippen molar-refractivity contribution < 1.29 is 9.47 Å². The molecule has 28 heavy (non-hydrogen) atoms. The number of nitrogen functional groups attached to an aromatic ring is 1. The number of rotatable bonds is 7. The highest BCUT2D eigenvalue weighted by molar-refractivity contribution is 5.77. The van der Waals surface area contributed by atoms with E-state index in [0.29, 0.717) is 36.8 Å². The second-order valence-corrected chi connectivity index (χ2v) is 6.46. The fourth-order valence-electron chi connectivity index (χ4n) is 2.98. The lowest BCUT2D eigenvalue weighted by atomic mass is 10.1. The molecule has 0 bridgehead atoms. The highest BCUT2D eigenvalue weighted by Gasteiger charge is 2.14. The quantitative estimate of drug-likeness (QED) is 0.534. The molecule has 7 heteroatoms. The molecule has 4 rings (SSSR count). The van der Waals surface area contributed by atoms with E-state index in [1.54, 1.807) is 13.4 Å². The summed E-state index contributed by atoms with van der Waals surface area (Å²) in [6.07, 6.45) is 1.73. The number of benzene rings is 2. The number of methoxy groups -OCH3 is 1. The van der Waals surface area contributed by atoms with Crippen LogP contribution in [0.4, 0.5) is 5.95 Å². The van der Waals surface area contributed by atoms with Gasteiger partial charge in [-0.3, -0.25) is 0 Å². The summed E-state index contributed by atoms with van der Waals surface area (Å²) < 4.78 is 13.0. The zero-order valence-electron chi connectivity index (χ0n) is 15.6. The summed E-state index contributed by atoms with van der Waals surface area (Å²) in [5.74, 6) is 0.544. The second-order valence-electron chi connectivity index (χ2n) is 6.46. The van der Waals surface area contributed by atoms with Crippen molar-refractivity contribution in [2.75, 3.05) is 12.8 Å². The molecule has 0 aliphatic heterocycles. The summed E-state index contributed by atoms with van der Waals surface area (Å²) in [5.41, 5.74) is 10.4. The Labute approximate surface area is 162 Å². The molecular formula is C21H21N5O2. The van der Waals surface area contributed by atoms with E-state index in [4.69, 9.17) is 15.2 Å². The van der Waals surface area contributed by atoms with Crippen LogP contribution in [0.1, 0.15) is 16.7 Å². The van der Waals surface area contributed by atoms with E-state index in [-0.39, 0.29) is 5.95 Å². The summed E-state index contributed by atoms with van der Waals surface area (Å²) in [6.45, 7) is 1.60. The Hall–Kier alpha value is -3.45. The van der Waals surface area contributed by atoms with Crippen LogP contribution in [0.25, 0.3) is 11.2 Å². The molecule has 0 saturated heterocycles. The summed E-state index contributed by atoms with van der Waals surface area (Å²) in [7, 11) is 1.68. The van der Waals surface area contributed by atoms with Gasteiger partial charge in [-0.25, -0.2) is 4.98 Å². The maximum absolute atomic E-state index is 5.91. The number of anilines is 1. The number of nitrogens with two attached hydrogens (primary N) is 1. The average molecular weight is 374 g/mol. The lowest BCUT2D eigenvalue weighted by molar-refractivity contribution is 0.185. The molecule has 7 nitrogen and oxygen atoms in total. The Morgan fingerprint density at radius 2 is 1.61 bits per heavy atom. The van der Waals surface area contributed by atoms with Gasteiger partial charge in [0.1, 0.15) is 6.61 Å². The van der Waals surface area contributed by atoms with Crippen LogP contribution >= 0.6 is 0 Å². The number of fused-ring (bicyclic) bond motifs is 1. The molecule has 0 amide bonds. The van der Waals surface area contributed by atoms with Gasteiger partial charge in [0.25, 0.3) is 0 Å². The van der Waals surface area contributed by atoms with Crippen molar-refractivity contribution in [1.82, 2.24) is 19.5 Å². The third-order valence-electron chi connectivity index (χ3n) is 4.35. The highest BCUT2D eigenvalue weighted by Crippen LogP contribution is 2.23. The van der Waals surface area contributed by atoms with Gasteiger partial charge in [-0.1, -0.05) is 54.6 Å². The molecule has 142 valence electrons. The molecule has 0 radical (unpaired) electrons. The van der Waals surface area contributed by atoms with Crippen molar-refractivity contribution in [2.45, 2.75) is 19.8 Å². The molecule has 4 aromatic rings. The third-order valence-corrected chi connectivity index (χ3v) is 4.35. The zero-order chi connectivity index (χ0) is 19.3. The molecule has 2 aromatic heterocycles. The molecule has 2 heterocycles. The van der Waals surface area contributed by atoms with E-state index in [0.717, 1.165) is 16.7 Å². The van der Waals surface area contributed by atoms with Crippen LogP contribution in [0.2, 0.25) is 0 Å². The first-order valence-electron chi connectivity index (χ1n) is 8.95. The number of aromatic nitrogens is 4. The van der Waals surface area contributed by atoms with Crippen LogP contribution in [-0.4, -0.2) is 26.6 Å². The summed E-state index contributed by atoms with van der Waals surface area (Å²) in [5, 5.41) is 0. The Bertz CT molecular complexity index is 1060. The van der Waals surface area contributed by atoms with Gasteiger partial charge in [-0.15, -0.1) is 0 Å². The predicted molar refractivity (Wildman–Crippen MR) is 107 cm³/mol. The Kier molecular flexibility index (Phi) is 5.16. The van der Waals surface area contributed by atoms with Crippen molar-refractivity contribution in [1.29, 1.82) is 0 Å². The van der Waals surface area contributed by atoms with Crippen LogP contribution in [-0.2, 0) is 24.5 Å². The fourth-order valence-corrected chi connectivity index (χ4v) is 2.98. The van der Waals surface area contributed by atoms with Gasteiger partial charge in [0.2, 0.25) is 11.8 Å². The molecule has 2 aromatic carbocycles. The minimum Gasteiger partial charge on any atom is -0.471 e. The maximum atomic E-state index is 5.91. The summed E-state index contributed by atoms with van der Waals surface area (Å²) >= 11 is 0. The lowest BCUT2D eigenvalue weighted by Crippen LogP contribution is -2.05. The highest BCUT2D eigenvalue weighted by atomic mass is 16.5. The van der Waals surface area contributed by atoms with Gasteiger partial charge in [-0.05, 0) is 16.7 Å². The number of hydrogen-bond acceptors (Lipinski definition) is 6. The summed E-state index contributed by atoms with van der Waals surface area (Å²) in [4.78, 5) is 13.0. The SMILES string of the molecule is [11CH3]OCc1ccc(COc2nc(N)nc3c2ncn3Cc2ccccc2)cc1. The Morgan fingerprint density at radius 3 is 2.32 bits per heavy atom. The molecule has 0 fully saturated rings. The molecule has 0 spiro atoms. The van der Waals surface area contributed by atoms with E-state index in [1.807, 2.05) is 47.0 Å². The molecule has 0 unspecified atom stereocenters. The predicted octanol–water partition coefficient (Wildman–Crippen LogP) is 3.18.